The van der Waals surface area contributed by atoms with Crippen molar-refractivity contribution in [2.45, 2.75) is 6.92 Å². The van der Waals surface area contributed by atoms with Gasteiger partial charge in [0.15, 0.2) is 0 Å². The van der Waals surface area contributed by atoms with Crippen LogP contribution in [-0.2, 0) is 10.8 Å². The van der Waals surface area contributed by atoms with E-state index in [1.165, 1.54) is 0 Å². The number of rotatable bonds is 6. The zero-order valence-electron chi connectivity index (χ0n) is 9.66. The predicted molar refractivity (Wildman–Crippen MR) is 69.4 cm³/mol. The molecule has 3 N–H and O–H groups in total. The van der Waals surface area contributed by atoms with Crippen LogP contribution < -0.4 is 15.8 Å². The minimum atomic E-state index is -0.749. The first kappa shape index (κ1) is 12.8. The topological polar surface area (TPSA) is 64.3 Å². The molecule has 0 fully saturated rings. The molecule has 16 heavy (non-hydrogen) atoms. The number of nitrogens with one attached hydrogen (secondary N) is 1. The van der Waals surface area contributed by atoms with E-state index < -0.39 is 10.8 Å². The standard InChI is InChI=1S/C11H18N2O2S/c1-3-16(14)8-7-13-9-5-4-6-10(15-2)11(9)12/h4-6,13H,3,7-8,12H2,1-2H3. The first-order chi connectivity index (χ1) is 7.69. The summed E-state index contributed by atoms with van der Waals surface area (Å²) in [7, 11) is 0.836. The second kappa shape index (κ2) is 6.37. The van der Waals surface area contributed by atoms with Gasteiger partial charge in [-0.3, -0.25) is 4.21 Å². The molecule has 0 aliphatic carbocycles. The molecule has 1 atom stereocenters. The molecule has 1 aromatic carbocycles. The molecule has 0 heterocycles. The fourth-order valence-electron chi connectivity index (χ4n) is 1.32. The van der Waals surface area contributed by atoms with Crippen molar-refractivity contribution in [2.75, 3.05) is 36.2 Å². The van der Waals surface area contributed by atoms with Crippen LogP contribution >= 0.6 is 0 Å². The van der Waals surface area contributed by atoms with Gasteiger partial charge >= 0.3 is 0 Å². The average Bonchev–Trinajstić information content (AvgIpc) is 2.31. The van der Waals surface area contributed by atoms with E-state index >= 15 is 0 Å². The number of benzene rings is 1. The van der Waals surface area contributed by atoms with Crippen molar-refractivity contribution in [2.24, 2.45) is 0 Å². The number of ether oxygens (including phenoxy) is 1. The molecule has 0 aliphatic rings. The van der Waals surface area contributed by atoms with Crippen LogP contribution in [0.2, 0.25) is 0 Å². The highest BCUT2D eigenvalue weighted by Crippen LogP contribution is 2.28. The molecule has 5 heteroatoms. The molecule has 0 radical (unpaired) electrons. The van der Waals surface area contributed by atoms with Gasteiger partial charge in [-0.25, -0.2) is 0 Å². The van der Waals surface area contributed by atoms with Crippen LogP contribution in [0, 0.1) is 0 Å². The van der Waals surface area contributed by atoms with Gasteiger partial charge in [0, 0.05) is 28.9 Å². The molecule has 0 saturated heterocycles. The molecular formula is C11H18N2O2S. The van der Waals surface area contributed by atoms with Crippen LogP contribution in [0.15, 0.2) is 18.2 Å². The SMILES string of the molecule is CCS(=O)CCNc1cccc(OC)c1N. The van der Waals surface area contributed by atoms with Crippen LogP contribution in [-0.4, -0.2) is 29.4 Å². The largest absolute Gasteiger partial charge is 0.495 e. The van der Waals surface area contributed by atoms with Crippen LogP contribution in [0.25, 0.3) is 0 Å². The summed E-state index contributed by atoms with van der Waals surface area (Å²) in [5.41, 5.74) is 7.30. The highest BCUT2D eigenvalue weighted by molar-refractivity contribution is 7.84. The molecule has 0 amide bonds. The molecular weight excluding hydrogens is 224 g/mol. The van der Waals surface area contributed by atoms with Crippen molar-refractivity contribution < 1.29 is 8.95 Å². The van der Waals surface area contributed by atoms with Crippen molar-refractivity contribution in [3.8, 4) is 5.75 Å². The minimum absolute atomic E-state index is 0.590. The predicted octanol–water partition coefficient (Wildman–Crippen LogP) is 1.46. The lowest BCUT2D eigenvalue weighted by atomic mass is 10.2. The number of hydrogen-bond donors (Lipinski definition) is 2. The van der Waals surface area contributed by atoms with Gasteiger partial charge in [0.05, 0.1) is 18.5 Å². The summed E-state index contributed by atoms with van der Waals surface area (Å²) in [5, 5.41) is 3.15. The van der Waals surface area contributed by atoms with Crippen molar-refractivity contribution in [1.29, 1.82) is 0 Å². The molecule has 1 rings (SSSR count). The van der Waals surface area contributed by atoms with E-state index in [-0.39, 0.29) is 0 Å². The van der Waals surface area contributed by atoms with E-state index in [1.54, 1.807) is 7.11 Å². The molecule has 1 aromatic rings. The number of para-hydroxylation sites is 1. The van der Waals surface area contributed by atoms with Gasteiger partial charge in [-0.15, -0.1) is 0 Å². The van der Waals surface area contributed by atoms with Gasteiger partial charge < -0.3 is 15.8 Å². The molecule has 0 aliphatic heterocycles. The molecule has 4 nitrogen and oxygen atoms in total. The highest BCUT2D eigenvalue weighted by atomic mass is 32.2. The highest BCUT2D eigenvalue weighted by Gasteiger charge is 2.04. The molecule has 1 unspecified atom stereocenters. The Bertz CT molecular complexity index is 369. The third-order valence-electron chi connectivity index (χ3n) is 2.25. The van der Waals surface area contributed by atoms with Crippen LogP contribution in [0.5, 0.6) is 5.75 Å². The van der Waals surface area contributed by atoms with Gasteiger partial charge in [-0.05, 0) is 12.1 Å². The minimum Gasteiger partial charge on any atom is -0.495 e. The average molecular weight is 242 g/mol. The number of methoxy groups -OCH3 is 1. The molecule has 90 valence electrons. The van der Waals surface area contributed by atoms with E-state index in [0.29, 0.717) is 29.5 Å². The van der Waals surface area contributed by atoms with Crippen molar-refractivity contribution in [3.05, 3.63) is 18.2 Å². The van der Waals surface area contributed by atoms with Gasteiger partial charge in [0.1, 0.15) is 5.75 Å². The summed E-state index contributed by atoms with van der Waals surface area (Å²) >= 11 is 0. The summed E-state index contributed by atoms with van der Waals surface area (Å²) in [5.74, 6) is 1.98. The molecule has 0 bridgehead atoms. The maximum Gasteiger partial charge on any atom is 0.143 e. The maximum absolute atomic E-state index is 11.2. The second-order valence-corrected chi connectivity index (χ2v) is 5.15. The van der Waals surface area contributed by atoms with Gasteiger partial charge in [0.2, 0.25) is 0 Å². The fraction of sp³-hybridized carbons (Fsp3) is 0.455. The van der Waals surface area contributed by atoms with E-state index in [2.05, 4.69) is 5.32 Å². The van der Waals surface area contributed by atoms with Gasteiger partial charge in [-0.2, -0.15) is 0 Å². The van der Waals surface area contributed by atoms with Crippen LogP contribution in [0.1, 0.15) is 6.92 Å². The molecule has 0 aromatic heterocycles. The Morgan fingerprint density at radius 1 is 1.50 bits per heavy atom. The van der Waals surface area contributed by atoms with Crippen molar-refractivity contribution in [1.82, 2.24) is 0 Å². The Kier molecular flexibility index (Phi) is 5.11. The summed E-state index contributed by atoms with van der Waals surface area (Å²) in [6.07, 6.45) is 0. The van der Waals surface area contributed by atoms with Gasteiger partial charge in [-0.1, -0.05) is 13.0 Å². The summed E-state index contributed by atoms with van der Waals surface area (Å²) in [4.78, 5) is 0. The van der Waals surface area contributed by atoms with E-state index in [1.807, 2.05) is 25.1 Å². The van der Waals surface area contributed by atoms with Crippen molar-refractivity contribution in [3.63, 3.8) is 0 Å². The Morgan fingerprint density at radius 3 is 2.88 bits per heavy atom. The lowest BCUT2D eigenvalue weighted by Crippen LogP contribution is -2.13. The summed E-state index contributed by atoms with van der Waals surface area (Å²) < 4.78 is 16.3. The zero-order chi connectivity index (χ0) is 12.0. The molecule has 0 spiro atoms. The van der Waals surface area contributed by atoms with E-state index in [0.717, 1.165) is 5.69 Å². The Hall–Kier alpha value is -1.23. The number of nitrogen functional groups attached to an aromatic ring is 1. The zero-order valence-corrected chi connectivity index (χ0v) is 10.5. The van der Waals surface area contributed by atoms with Crippen LogP contribution in [0.4, 0.5) is 11.4 Å². The van der Waals surface area contributed by atoms with E-state index in [4.69, 9.17) is 10.5 Å². The third kappa shape index (κ3) is 3.41. The quantitative estimate of drug-likeness (QED) is 0.741. The summed E-state index contributed by atoms with van der Waals surface area (Å²) in [6, 6.07) is 5.56. The Balaban J connectivity index is 2.57. The number of anilines is 2. The number of hydrogen-bond acceptors (Lipinski definition) is 4. The Morgan fingerprint density at radius 2 is 2.25 bits per heavy atom. The lowest BCUT2D eigenvalue weighted by Gasteiger charge is -2.11. The Labute approximate surface area is 98.6 Å². The first-order valence-corrected chi connectivity index (χ1v) is 6.69. The van der Waals surface area contributed by atoms with E-state index in [9.17, 15) is 4.21 Å². The third-order valence-corrected chi connectivity index (χ3v) is 3.56. The van der Waals surface area contributed by atoms with Gasteiger partial charge in [0.25, 0.3) is 0 Å². The maximum atomic E-state index is 11.2. The lowest BCUT2D eigenvalue weighted by molar-refractivity contribution is 0.417. The fourth-order valence-corrected chi connectivity index (χ4v) is 1.94. The van der Waals surface area contributed by atoms with Crippen molar-refractivity contribution >= 4 is 22.2 Å². The summed E-state index contributed by atoms with van der Waals surface area (Å²) in [6.45, 7) is 2.56. The molecule has 0 saturated carbocycles. The second-order valence-electron chi connectivity index (χ2n) is 3.28. The normalized spacial score (nSPS) is 12.1. The van der Waals surface area contributed by atoms with Crippen LogP contribution in [0.3, 0.4) is 0 Å². The number of nitrogens with two attached hydrogens (primary N) is 1. The first-order valence-electron chi connectivity index (χ1n) is 5.20. The monoisotopic (exact) mass is 242 g/mol. The smallest absolute Gasteiger partial charge is 0.143 e.